The van der Waals surface area contributed by atoms with E-state index in [0.717, 1.165) is 6.42 Å². The van der Waals surface area contributed by atoms with Crippen molar-refractivity contribution in [2.45, 2.75) is 32.3 Å². The fourth-order valence-electron chi connectivity index (χ4n) is 2.58. The number of rotatable bonds is 1. The van der Waals surface area contributed by atoms with Crippen LogP contribution in [0.25, 0.3) is 0 Å². The van der Waals surface area contributed by atoms with Gasteiger partial charge in [0.05, 0.1) is 5.60 Å². The predicted molar refractivity (Wildman–Crippen MR) is 50.4 cm³/mol. The SMILES string of the molecule is CO[C@]1(C)C[C@@]2(C)C=C[C@@H]1CC2=O. The highest BCUT2D eigenvalue weighted by atomic mass is 16.5. The fraction of sp³-hybridized carbons (Fsp3) is 0.727. The van der Waals surface area contributed by atoms with Crippen LogP contribution in [0.4, 0.5) is 0 Å². The third-order valence-electron chi connectivity index (χ3n) is 3.71. The first-order valence-corrected chi connectivity index (χ1v) is 4.78. The highest BCUT2D eigenvalue weighted by Gasteiger charge is 2.51. The molecule has 0 spiro atoms. The maximum absolute atomic E-state index is 11.7. The average Bonchev–Trinajstić information content (AvgIpc) is 2.08. The zero-order valence-electron chi connectivity index (χ0n) is 8.46. The molecule has 3 atom stereocenters. The summed E-state index contributed by atoms with van der Waals surface area (Å²) in [6.45, 7) is 4.12. The molecule has 0 aromatic carbocycles. The summed E-state index contributed by atoms with van der Waals surface area (Å²) >= 11 is 0. The molecule has 0 amide bonds. The van der Waals surface area contributed by atoms with Gasteiger partial charge in [-0.25, -0.2) is 0 Å². The predicted octanol–water partition coefficient (Wildman–Crippen LogP) is 1.95. The van der Waals surface area contributed by atoms with E-state index < -0.39 is 0 Å². The molecule has 0 aromatic rings. The number of fused-ring (bicyclic) bond motifs is 2. The molecule has 3 rings (SSSR count). The summed E-state index contributed by atoms with van der Waals surface area (Å²) in [7, 11) is 1.74. The van der Waals surface area contributed by atoms with Crippen molar-refractivity contribution in [3.63, 3.8) is 0 Å². The van der Waals surface area contributed by atoms with Crippen molar-refractivity contribution in [3.05, 3.63) is 12.2 Å². The van der Waals surface area contributed by atoms with Crippen molar-refractivity contribution in [1.82, 2.24) is 0 Å². The summed E-state index contributed by atoms with van der Waals surface area (Å²) in [5.74, 6) is 0.654. The Balaban J connectivity index is 2.39. The van der Waals surface area contributed by atoms with Gasteiger partial charge in [-0.3, -0.25) is 4.79 Å². The number of carbonyl (C=O) groups is 1. The number of carbonyl (C=O) groups excluding carboxylic acids is 1. The largest absolute Gasteiger partial charge is 0.378 e. The van der Waals surface area contributed by atoms with Crippen LogP contribution in [0.3, 0.4) is 0 Å². The lowest BCUT2D eigenvalue weighted by Crippen LogP contribution is -2.52. The van der Waals surface area contributed by atoms with Gasteiger partial charge in [0.2, 0.25) is 0 Å². The normalized spacial score (nSPS) is 48.5. The van der Waals surface area contributed by atoms with Gasteiger partial charge < -0.3 is 4.74 Å². The summed E-state index contributed by atoms with van der Waals surface area (Å²) in [6.07, 6.45) is 5.69. The Labute approximate surface area is 79.0 Å². The molecule has 0 aromatic heterocycles. The summed E-state index contributed by atoms with van der Waals surface area (Å²) < 4.78 is 5.52. The van der Waals surface area contributed by atoms with Crippen LogP contribution in [-0.4, -0.2) is 18.5 Å². The van der Waals surface area contributed by atoms with Gasteiger partial charge in [0.1, 0.15) is 5.78 Å². The van der Waals surface area contributed by atoms with Gasteiger partial charge in [0.15, 0.2) is 0 Å². The van der Waals surface area contributed by atoms with Gasteiger partial charge >= 0.3 is 0 Å². The highest BCUT2D eigenvalue weighted by Crippen LogP contribution is 2.49. The Morgan fingerprint density at radius 1 is 1.54 bits per heavy atom. The number of ketones is 1. The third-order valence-corrected chi connectivity index (χ3v) is 3.71. The topological polar surface area (TPSA) is 26.3 Å². The molecule has 0 unspecified atom stereocenters. The van der Waals surface area contributed by atoms with Crippen molar-refractivity contribution < 1.29 is 9.53 Å². The van der Waals surface area contributed by atoms with Crippen LogP contribution in [-0.2, 0) is 9.53 Å². The molecule has 0 radical (unpaired) electrons. The minimum absolute atomic E-state index is 0.128. The fourth-order valence-corrected chi connectivity index (χ4v) is 2.58. The Morgan fingerprint density at radius 3 is 2.69 bits per heavy atom. The highest BCUT2D eigenvalue weighted by molar-refractivity contribution is 5.89. The summed E-state index contributed by atoms with van der Waals surface area (Å²) in [4.78, 5) is 11.7. The van der Waals surface area contributed by atoms with Crippen LogP contribution in [0.5, 0.6) is 0 Å². The maximum Gasteiger partial charge on any atom is 0.143 e. The number of hydrogen-bond acceptors (Lipinski definition) is 2. The van der Waals surface area contributed by atoms with Crippen molar-refractivity contribution in [2.24, 2.45) is 11.3 Å². The number of ether oxygens (including phenoxy) is 1. The molecule has 3 aliphatic rings. The second-order valence-corrected chi connectivity index (χ2v) is 4.70. The molecule has 1 saturated carbocycles. The van der Waals surface area contributed by atoms with Crippen LogP contribution in [0, 0.1) is 11.3 Å². The van der Waals surface area contributed by atoms with E-state index in [4.69, 9.17) is 4.74 Å². The van der Waals surface area contributed by atoms with E-state index in [0.29, 0.717) is 12.2 Å². The molecule has 3 aliphatic carbocycles. The van der Waals surface area contributed by atoms with Crippen LogP contribution < -0.4 is 0 Å². The summed E-state index contributed by atoms with van der Waals surface area (Å²) in [5.41, 5.74) is -0.392. The molecule has 2 heteroatoms. The molecule has 1 fully saturated rings. The monoisotopic (exact) mass is 180 g/mol. The second kappa shape index (κ2) is 2.44. The number of Topliss-reactive ketones (excluding diaryl/α,β-unsaturated/α-hetero) is 1. The zero-order chi connectivity index (χ0) is 9.69. The Bertz CT molecular complexity index is 282. The number of hydrogen-bond donors (Lipinski definition) is 0. The second-order valence-electron chi connectivity index (χ2n) is 4.70. The molecular weight excluding hydrogens is 164 g/mol. The van der Waals surface area contributed by atoms with Gasteiger partial charge in [0.25, 0.3) is 0 Å². The lowest BCUT2D eigenvalue weighted by Gasteiger charge is -2.49. The van der Waals surface area contributed by atoms with Gasteiger partial charge in [-0.15, -0.1) is 0 Å². The molecule has 2 bridgehead atoms. The van der Waals surface area contributed by atoms with E-state index in [2.05, 4.69) is 19.1 Å². The van der Waals surface area contributed by atoms with Gasteiger partial charge in [-0.2, -0.15) is 0 Å². The van der Waals surface area contributed by atoms with E-state index >= 15 is 0 Å². The number of methoxy groups -OCH3 is 1. The van der Waals surface area contributed by atoms with Crippen molar-refractivity contribution in [2.75, 3.05) is 7.11 Å². The van der Waals surface area contributed by atoms with Crippen LogP contribution in [0.1, 0.15) is 26.7 Å². The minimum atomic E-state index is -0.264. The average molecular weight is 180 g/mol. The molecule has 0 heterocycles. The van der Waals surface area contributed by atoms with E-state index in [1.807, 2.05) is 6.92 Å². The first-order valence-electron chi connectivity index (χ1n) is 4.78. The third kappa shape index (κ3) is 1.08. The molecule has 0 N–H and O–H groups in total. The van der Waals surface area contributed by atoms with Gasteiger partial charge in [-0.05, 0) is 20.3 Å². The Kier molecular flexibility index (Phi) is 1.68. The van der Waals surface area contributed by atoms with Crippen LogP contribution >= 0.6 is 0 Å². The molecule has 13 heavy (non-hydrogen) atoms. The summed E-state index contributed by atoms with van der Waals surface area (Å²) in [5, 5.41) is 0. The van der Waals surface area contributed by atoms with E-state index in [9.17, 15) is 4.79 Å². The molecule has 2 nitrogen and oxygen atoms in total. The Morgan fingerprint density at radius 2 is 2.23 bits per heavy atom. The zero-order valence-corrected chi connectivity index (χ0v) is 8.46. The smallest absolute Gasteiger partial charge is 0.143 e. The van der Waals surface area contributed by atoms with Crippen molar-refractivity contribution in [3.8, 4) is 0 Å². The first-order chi connectivity index (χ1) is 6.00. The molecule has 0 saturated heterocycles. The number of allylic oxidation sites excluding steroid dienone is 1. The molecule has 0 aliphatic heterocycles. The van der Waals surface area contributed by atoms with Crippen molar-refractivity contribution in [1.29, 1.82) is 0 Å². The van der Waals surface area contributed by atoms with Crippen LogP contribution in [0.2, 0.25) is 0 Å². The maximum atomic E-state index is 11.7. The molecule has 72 valence electrons. The van der Waals surface area contributed by atoms with Crippen molar-refractivity contribution >= 4 is 5.78 Å². The lowest BCUT2D eigenvalue weighted by molar-refractivity contribution is -0.145. The van der Waals surface area contributed by atoms with E-state index in [1.54, 1.807) is 7.11 Å². The van der Waals surface area contributed by atoms with E-state index in [1.165, 1.54) is 0 Å². The minimum Gasteiger partial charge on any atom is -0.378 e. The van der Waals surface area contributed by atoms with Crippen LogP contribution in [0.15, 0.2) is 12.2 Å². The molecular formula is C11H16O2. The lowest BCUT2D eigenvalue weighted by atomic mass is 9.59. The summed E-state index contributed by atoms with van der Waals surface area (Å²) in [6, 6.07) is 0. The standard InChI is InChI=1S/C11H16O2/c1-10-5-4-8(6-9(10)12)11(2,7-10)13-3/h4-5,8H,6-7H2,1-3H3/t8-,10-,11-/m1/s1. The van der Waals surface area contributed by atoms with Gasteiger partial charge in [-0.1, -0.05) is 12.2 Å². The first kappa shape index (κ1) is 8.95. The van der Waals surface area contributed by atoms with E-state index in [-0.39, 0.29) is 16.9 Å². The Hall–Kier alpha value is -0.630. The quantitative estimate of drug-likeness (QED) is 0.576. The van der Waals surface area contributed by atoms with Gasteiger partial charge in [0, 0.05) is 24.9 Å².